The van der Waals surface area contributed by atoms with Gasteiger partial charge in [0.1, 0.15) is 17.3 Å². The Labute approximate surface area is 212 Å². The molecule has 176 valence electrons. The Kier molecular flexibility index (Phi) is 5.96. The monoisotopic (exact) mass is 528 g/mol. The molecule has 1 aliphatic rings. The average molecular weight is 529 g/mol. The van der Waals surface area contributed by atoms with Crippen molar-refractivity contribution in [1.29, 1.82) is 0 Å². The highest BCUT2D eigenvalue weighted by Crippen LogP contribution is 2.45. The molecule has 1 saturated heterocycles. The molecule has 1 amide bonds. The fourth-order valence-electron chi connectivity index (χ4n) is 3.92. The number of halogens is 3. The molecular formula is C25H15Cl2FN2O4S. The molecule has 0 spiro atoms. The van der Waals surface area contributed by atoms with Crippen LogP contribution in [0.15, 0.2) is 66.2 Å². The van der Waals surface area contributed by atoms with Crippen LogP contribution in [0.25, 0.3) is 16.0 Å². The summed E-state index contributed by atoms with van der Waals surface area (Å²) in [5.74, 6) is -2.02. The van der Waals surface area contributed by atoms with Crippen LogP contribution in [0, 0.1) is 5.82 Å². The quantitative estimate of drug-likeness (QED) is 0.189. The first kappa shape index (κ1) is 23.3. The van der Waals surface area contributed by atoms with Gasteiger partial charge in [0.25, 0.3) is 5.78 Å². The lowest BCUT2D eigenvalue weighted by Gasteiger charge is -2.23. The van der Waals surface area contributed by atoms with Crippen LogP contribution in [0.5, 0.6) is 5.75 Å². The Hall–Kier alpha value is -3.46. The second-order valence-electron chi connectivity index (χ2n) is 7.68. The number of benzene rings is 3. The Morgan fingerprint density at radius 1 is 1.06 bits per heavy atom. The summed E-state index contributed by atoms with van der Waals surface area (Å²) in [5, 5.41) is 11.9. The predicted octanol–water partition coefficient (Wildman–Crippen LogP) is 6.38. The molecule has 5 rings (SSSR count). The first-order chi connectivity index (χ1) is 16.8. The number of carbonyl (C=O) groups excluding carboxylic acids is 2. The minimum absolute atomic E-state index is 0.135. The van der Waals surface area contributed by atoms with Crippen molar-refractivity contribution in [2.75, 3.05) is 12.0 Å². The number of thiazole rings is 1. The number of nitrogens with zero attached hydrogens (tertiary/aromatic N) is 2. The van der Waals surface area contributed by atoms with Gasteiger partial charge >= 0.3 is 5.91 Å². The summed E-state index contributed by atoms with van der Waals surface area (Å²) in [7, 11) is 1.51. The van der Waals surface area contributed by atoms with E-state index in [-0.39, 0.29) is 26.5 Å². The van der Waals surface area contributed by atoms with Crippen molar-refractivity contribution in [3.63, 3.8) is 0 Å². The van der Waals surface area contributed by atoms with Crippen molar-refractivity contribution in [3.8, 4) is 5.75 Å². The van der Waals surface area contributed by atoms with Crippen LogP contribution in [0.3, 0.4) is 0 Å². The van der Waals surface area contributed by atoms with Gasteiger partial charge < -0.3 is 9.84 Å². The second-order valence-corrected chi connectivity index (χ2v) is 9.50. The normalized spacial score (nSPS) is 17.4. The van der Waals surface area contributed by atoms with E-state index < -0.39 is 23.5 Å². The summed E-state index contributed by atoms with van der Waals surface area (Å²) in [4.78, 5) is 32.2. The minimum atomic E-state index is -1.04. The zero-order valence-electron chi connectivity index (χ0n) is 18.0. The van der Waals surface area contributed by atoms with Crippen LogP contribution in [0.1, 0.15) is 17.2 Å². The van der Waals surface area contributed by atoms with Crippen molar-refractivity contribution in [2.24, 2.45) is 0 Å². The number of methoxy groups -OCH3 is 1. The Morgan fingerprint density at radius 3 is 2.49 bits per heavy atom. The second kappa shape index (κ2) is 8.96. The number of aliphatic hydroxyl groups is 1. The lowest BCUT2D eigenvalue weighted by atomic mass is 9.95. The fraction of sp³-hybridized carbons (Fsp3) is 0.0800. The van der Waals surface area contributed by atoms with Crippen molar-refractivity contribution < 1.29 is 23.8 Å². The van der Waals surface area contributed by atoms with E-state index in [0.717, 1.165) is 11.3 Å². The maximum Gasteiger partial charge on any atom is 0.301 e. The number of ketones is 1. The number of aliphatic hydroxyl groups excluding tert-OH is 1. The third-order valence-electron chi connectivity index (χ3n) is 5.61. The van der Waals surface area contributed by atoms with Crippen LogP contribution < -0.4 is 9.64 Å². The number of rotatable bonds is 4. The van der Waals surface area contributed by atoms with E-state index in [1.165, 1.54) is 36.3 Å². The number of aromatic nitrogens is 1. The Balaban J connectivity index is 1.73. The molecule has 10 heteroatoms. The van der Waals surface area contributed by atoms with Gasteiger partial charge in [-0.15, -0.1) is 0 Å². The molecule has 1 unspecified atom stereocenters. The zero-order valence-corrected chi connectivity index (χ0v) is 20.3. The van der Waals surface area contributed by atoms with Crippen LogP contribution in [-0.2, 0) is 9.59 Å². The van der Waals surface area contributed by atoms with Gasteiger partial charge in [-0.05, 0) is 60.2 Å². The molecule has 35 heavy (non-hydrogen) atoms. The maximum atomic E-state index is 13.8. The molecule has 0 aliphatic carbocycles. The molecule has 2 heterocycles. The van der Waals surface area contributed by atoms with Gasteiger partial charge in [-0.1, -0.05) is 40.6 Å². The van der Waals surface area contributed by atoms with Crippen molar-refractivity contribution in [3.05, 3.63) is 93.2 Å². The van der Waals surface area contributed by atoms with Gasteiger partial charge in [-0.25, -0.2) is 9.37 Å². The number of fused-ring (bicyclic) bond motifs is 1. The fourth-order valence-corrected chi connectivity index (χ4v) is 5.25. The lowest BCUT2D eigenvalue weighted by molar-refractivity contribution is -0.132. The molecule has 1 aromatic heterocycles. The summed E-state index contributed by atoms with van der Waals surface area (Å²) >= 11 is 13.4. The highest BCUT2D eigenvalue weighted by molar-refractivity contribution is 7.22. The van der Waals surface area contributed by atoms with Gasteiger partial charge in [0, 0.05) is 5.56 Å². The molecule has 6 nitrogen and oxygen atoms in total. The van der Waals surface area contributed by atoms with Crippen molar-refractivity contribution in [2.45, 2.75) is 6.04 Å². The topological polar surface area (TPSA) is 79.7 Å². The van der Waals surface area contributed by atoms with E-state index in [2.05, 4.69) is 4.98 Å². The summed E-state index contributed by atoms with van der Waals surface area (Å²) in [6, 6.07) is 14.1. The molecule has 1 N–H and O–H groups in total. The largest absolute Gasteiger partial charge is 0.507 e. The van der Waals surface area contributed by atoms with Crippen LogP contribution in [0.2, 0.25) is 10.0 Å². The van der Waals surface area contributed by atoms with E-state index in [1.54, 1.807) is 36.4 Å². The van der Waals surface area contributed by atoms with E-state index in [9.17, 15) is 19.1 Å². The SMILES string of the molecule is COc1ccc(/C(O)=C2\C(=O)C(=O)N(c3nc4ccc(F)cc4s3)C2c2ccc(Cl)c(Cl)c2)cc1. The van der Waals surface area contributed by atoms with E-state index in [0.29, 0.717) is 27.1 Å². The number of amides is 1. The molecule has 1 atom stereocenters. The Bertz CT molecular complexity index is 1530. The molecule has 3 aromatic carbocycles. The predicted molar refractivity (Wildman–Crippen MR) is 134 cm³/mol. The Morgan fingerprint density at radius 2 is 1.80 bits per heavy atom. The van der Waals surface area contributed by atoms with E-state index >= 15 is 0 Å². The van der Waals surface area contributed by atoms with Crippen molar-refractivity contribution >= 4 is 67.3 Å². The molecule has 4 aromatic rings. The van der Waals surface area contributed by atoms with Gasteiger partial charge in [0.2, 0.25) is 0 Å². The summed E-state index contributed by atoms with van der Waals surface area (Å²) in [6.07, 6.45) is 0. The van der Waals surface area contributed by atoms with E-state index in [4.69, 9.17) is 27.9 Å². The molecule has 1 fully saturated rings. The standard InChI is InChI=1S/C25H15Cl2FN2O4S/c1-34-15-6-2-12(3-7-15)22(31)20-21(13-4-8-16(26)17(27)10-13)30(24(33)23(20)32)25-29-18-9-5-14(28)11-19(18)35-25/h2-11,21,31H,1H3/b22-20+. The molecule has 0 saturated carbocycles. The summed E-state index contributed by atoms with van der Waals surface area (Å²) in [5.41, 5.74) is 1.10. The smallest absolute Gasteiger partial charge is 0.301 e. The van der Waals surface area contributed by atoms with Gasteiger partial charge in [-0.2, -0.15) is 0 Å². The van der Waals surface area contributed by atoms with Crippen LogP contribution in [0.4, 0.5) is 9.52 Å². The van der Waals surface area contributed by atoms with Gasteiger partial charge in [-0.3, -0.25) is 14.5 Å². The number of hydrogen-bond donors (Lipinski definition) is 1. The first-order valence-corrected chi connectivity index (χ1v) is 11.8. The number of ether oxygens (including phenoxy) is 1. The number of anilines is 1. The third kappa shape index (κ3) is 4.03. The molecule has 0 bridgehead atoms. The number of carbonyl (C=O) groups is 2. The van der Waals surface area contributed by atoms with Crippen LogP contribution >= 0.6 is 34.5 Å². The highest BCUT2D eigenvalue weighted by atomic mass is 35.5. The summed E-state index contributed by atoms with van der Waals surface area (Å²) in [6.45, 7) is 0. The van der Waals surface area contributed by atoms with Gasteiger partial charge in [0.15, 0.2) is 5.13 Å². The lowest BCUT2D eigenvalue weighted by Crippen LogP contribution is -2.29. The van der Waals surface area contributed by atoms with Crippen molar-refractivity contribution in [1.82, 2.24) is 4.98 Å². The maximum absolute atomic E-state index is 13.8. The third-order valence-corrected chi connectivity index (χ3v) is 7.37. The highest BCUT2D eigenvalue weighted by Gasteiger charge is 2.48. The van der Waals surface area contributed by atoms with Gasteiger partial charge in [0.05, 0.1) is 39.0 Å². The molecular weight excluding hydrogens is 514 g/mol. The summed E-state index contributed by atoms with van der Waals surface area (Å²) < 4.78 is 19.4. The zero-order chi connectivity index (χ0) is 24.9. The first-order valence-electron chi connectivity index (χ1n) is 10.2. The average Bonchev–Trinajstić information content (AvgIpc) is 3.38. The molecule has 0 radical (unpaired) electrons. The number of hydrogen-bond acceptors (Lipinski definition) is 6. The van der Waals surface area contributed by atoms with E-state index in [1.807, 2.05) is 0 Å². The molecule has 1 aliphatic heterocycles. The van der Waals surface area contributed by atoms with Crippen LogP contribution in [-0.4, -0.2) is 28.9 Å². The number of Topliss-reactive ketones (excluding diaryl/α,β-unsaturated/α-hetero) is 1. The minimum Gasteiger partial charge on any atom is -0.507 e.